The number of halogens is 1. The van der Waals surface area contributed by atoms with Gasteiger partial charge < -0.3 is 24.1 Å². The van der Waals surface area contributed by atoms with E-state index in [1.54, 1.807) is 32.2 Å². The van der Waals surface area contributed by atoms with Crippen molar-refractivity contribution in [3.8, 4) is 5.75 Å². The highest BCUT2D eigenvalue weighted by Gasteiger charge is 2.63. The van der Waals surface area contributed by atoms with Gasteiger partial charge in [0, 0.05) is 17.5 Å². The van der Waals surface area contributed by atoms with Crippen LogP contribution in [0.1, 0.15) is 78.4 Å². The molecule has 9 heteroatoms. The highest BCUT2D eigenvalue weighted by molar-refractivity contribution is 9.10. The third kappa shape index (κ3) is 5.88. The Hall–Kier alpha value is -2.23. The molecule has 1 aliphatic carbocycles. The highest BCUT2D eigenvalue weighted by Crippen LogP contribution is 2.54. The van der Waals surface area contributed by atoms with Crippen molar-refractivity contribution in [3.63, 3.8) is 0 Å². The molecule has 2 fully saturated rings. The van der Waals surface area contributed by atoms with Crippen LogP contribution in [0.15, 0.2) is 34.8 Å². The number of hydrogen-bond acceptors (Lipinski definition) is 8. The molecule has 8 atom stereocenters. The van der Waals surface area contributed by atoms with Crippen LogP contribution in [0.5, 0.6) is 5.75 Å². The predicted octanol–water partition coefficient (Wildman–Crippen LogP) is 5.84. The van der Waals surface area contributed by atoms with Crippen LogP contribution in [0.25, 0.3) is 0 Å². The molecule has 1 aromatic rings. The number of methoxy groups -OCH3 is 1. The summed E-state index contributed by atoms with van der Waals surface area (Å²) in [7, 11) is 1.65. The van der Waals surface area contributed by atoms with Crippen LogP contribution in [0, 0.1) is 23.2 Å². The maximum absolute atomic E-state index is 13.7. The van der Waals surface area contributed by atoms with Gasteiger partial charge in [-0.05, 0) is 67.7 Å². The molecule has 0 amide bonds. The summed E-state index contributed by atoms with van der Waals surface area (Å²) in [4.78, 5) is 39.1. The van der Waals surface area contributed by atoms with Crippen LogP contribution in [-0.2, 0) is 33.3 Å². The lowest BCUT2D eigenvalue weighted by Crippen LogP contribution is -2.64. The smallest absolute Gasteiger partial charge is 0.320 e. The number of carbonyl (C=O) groups is 3. The van der Waals surface area contributed by atoms with Gasteiger partial charge >= 0.3 is 11.9 Å². The second-order valence-corrected chi connectivity index (χ2v) is 13.1. The van der Waals surface area contributed by atoms with Crippen LogP contribution in [0.4, 0.5) is 0 Å². The van der Waals surface area contributed by atoms with E-state index in [9.17, 15) is 19.5 Å². The van der Waals surface area contributed by atoms with Crippen molar-refractivity contribution < 1.29 is 38.4 Å². The first kappa shape index (κ1) is 30.7. The molecule has 2 heterocycles. The summed E-state index contributed by atoms with van der Waals surface area (Å²) in [5, 5.41) is 9.99. The molecule has 1 N–H and O–H groups in total. The van der Waals surface area contributed by atoms with Crippen LogP contribution >= 0.6 is 15.9 Å². The SMILES string of the molecule is CO[C@@H](CC[C@H](C)[C@@H]1CC=C[C@]2(O1)[C@H](C(=O)O[C@@H]1CC(=O)O[C@@H]1C)C(=O)[C@H](C)CC2(C)C)c1cc(O)ccc1Br. The number of ketones is 1. The average Bonchev–Trinajstić information content (AvgIpc) is 3.21. The summed E-state index contributed by atoms with van der Waals surface area (Å²) in [6.45, 7) is 9.72. The van der Waals surface area contributed by atoms with Crippen molar-refractivity contribution in [1.29, 1.82) is 0 Å². The van der Waals surface area contributed by atoms with Gasteiger partial charge in [0.1, 0.15) is 29.5 Å². The van der Waals surface area contributed by atoms with Gasteiger partial charge in [0.25, 0.3) is 0 Å². The minimum absolute atomic E-state index is 0.0217. The molecule has 4 rings (SSSR count). The number of carbonyl (C=O) groups excluding carboxylic acids is 3. The van der Waals surface area contributed by atoms with E-state index in [4.69, 9.17) is 18.9 Å². The quantitative estimate of drug-likeness (QED) is 0.219. The molecular formula is C31H41BrO8. The van der Waals surface area contributed by atoms with Crippen LogP contribution in [0.3, 0.4) is 0 Å². The third-order valence-corrected chi connectivity index (χ3v) is 9.72. The lowest BCUT2D eigenvalue weighted by atomic mass is 9.56. The third-order valence-electron chi connectivity index (χ3n) is 9.00. The van der Waals surface area contributed by atoms with E-state index in [2.05, 4.69) is 22.9 Å². The fourth-order valence-corrected chi connectivity index (χ4v) is 7.11. The number of phenols is 1. The second kappa shape index (κ2) is 11.9. The Bertz CT molecular complexity index is 1160. The Kier molecular flexibility index (Phi) is 9.17. The number of aromatic hydroxyl groups is 1. The fourth-order valence-electron chi connectivity index (χ4n) is 6.61. The zero-order valence-electron chi connectivity index (χ0n) is 24.1. The molecule has 1 spiro atoms. The van der Waals surface area contributed by atoms with Gasteiger partial charge in [0.15, 0.2) is 5.78 Å². The lowest BCUT2D eigenvalue weighted by molar-refractivity contribution is -0.212. The number of esters is 2. The molecule has 220 valence electrons. The van der Waals surface area contributed by atoms with Crippen molar-refractivity contribution in [2.75, 3.05) is 7.11 Å². The molecule has 0 radical (unpaired) electrons. The Morgan fingerprint density at radius 3 is 2.60 bits per heavy atom. The van der Waals surface area contributed by atoms with Crippen LogP contribution in [-0.4, -0.2) is 53.9 Å². The Morgan fingerprint density at radius 1 is 1.23 bits per heavy atom. The predicted molar refractivity (Wildman–Crippen MR) is 151 cm³/mol. The Morgan fingerprint density at radius 2 is 1.95 bits per heavy atom. The van der Waals surface area contributed by atoms with Gasteiger partial charge in [0.05, 0.1) is 18.6 Å². The highest BCUT2D eigenvalue weighted by atomic mass is 79.9. The van der Waals surface area contributed by atoms with E-state index in [1.807, 2.05) is 32.9 Å². The fraction of sp³-hybridized carbons (Fsp3) is 0.645. The normalized spacial score (nSPS) is 33.0. The number of hydrogen-bond donors (Lipinski definition) is 1. The summed E-state index contributed by atoms with van der Waals surface area (Å²) in [5.41, 5.74) is -0.837. The van der Waals surface area contributed by atoms with Gasteiger partial charge in [-0.2, -0.15) is 0 Å². The van der Waals surface area contributed by atoms with Crippen LogP contribution < -0.4 is 0 Å². The van der Waals surface area contributed by atoms with Crippen molar-refractivity contribution in [1.82, 2.24) is 0 Å². The number of rotatable bonds is 8. The van der Waals surface area contributed by atoms with Crippen molar-refractivity contribution in [2.24, 2.45) is 23.2 Å². The van der Waals surface area contributed by atoms with E-state index < -0.39 is 41.1 Å². The molecule has 0 bridgehead atoms. The molecule has 8 nitrogen and oxygen atoms in total. The largest absolute Gasteiger partial charge is 0.508 e. The van der Waals surface area contributed by atoms with Crippen molar-refractivity contribution in [2.45, 2.75) is 96.7 Å². The maximum atomic E-state index is 13.7. The van der Waals surface area contributed by atoms with Crippen LogP contribution in [0.2, 0.25) is 0 Å². The summed E-state index contributed by atoms with van der Waals surface area (Å²) < 4.78 is 24.4. The van der Waals surface area contributed by atoms with Gasteiger partial charge in [-0.25, -0.2) is 0 Å². The molecule has 1 saturated heterocycles. The van der Waals surface area contributed by atoms with Gasteiger partial charge in [-0.15, -0.1) is 0 Å². The minimum Gasteiger partial charge on any atom is -0.508 e. The molecular weight excluding hydrogens is 580 g/mol. The first-order valence-corrected chi connectivity index (χ1v) is 14.9. The number of Topliss-reactive ketones (excluding diaryl/α,β-unsaturated/α-hetero) is 1. The minimum atomic E-state index is -1.17. The standard InChI is InChI=1S/C31H41BrO8/c1-17(9-12-24(37-6)21-14-20(33)10-11-22(21)32)23-8-7-13-31(40-23)27(28(35)18(2)16-30(31,4)5)29(36)39-25-15-26(34)38-19(25)3/h7,10-11,13-14,17-19,23-25,27,33H,8-9,12,15-16H2,1-6H3/t17-,18+,19+,23-,24-,25+,27-,31-/m0/s1. The van der Waals surface area contributed by atoms with Gasteiger partial charge in [0.2, 0.25) is 0 Å². The zero-order valence-corrected chi connectivity index (χ0v) is 25.7. The van der Waals surface area contributed by atoms with E-state index in [1.165, 1.54) is 0 Å². The van der Waals surface area contributed by atoms with Gasteiger partial charge in [-0.3, -0.25) is 14.4 Å². The lowest BCUT2D eigenvalue weighted by Gasteiger charge is -2.55. The van der Waals surface area contributed by atoms with E-state index >= 15 is 0 Å². The number of phenolic OH excluding ortho intramolecular Hbond substituents is 1. The number of ether oxygens (including phenoxy) is 4. The number of cyclic esters (lactones) is 1. The average molecular weight is 622 g/mol. The van der Waals surface area contributed by atoms with Crippen molar-refractivity contribution in [3.05, 3.63) is 40.4 Å². The molecule has 2 aliphatic heterocycles. The van der Waals surface area contributed by atoms with E-state index in [-0.39, 0.29) is 42.0 Å². The summed E-state index contributed by atoms with van der Waals surface area (Å²) >= 11 is 3.56. The zero-order chi connectivity index (χ0) is 29.4. The first-order chi connectivity index (χ1) is 18.8. The Labute approximate surface area is 244 Å². The molecule has 0 unspecified atom stereocenters. The number of benzene rings is 1. The maximum Gasteiger partial charge on any atom is 0.320 e. The molecule has 1 saturated carbocycles. The molecule has 1 aromatic carbocycles. The molecule has 40 heavy (non-hydrogen) atoms. The monoisotopic (exact) mass is 620 g/mol. The van der Waals surface area contributed by atoms with Gasteiger partial charge in [-0.1, -0.05) is 55.8 Å². The molecule has 3 aliphatic rings. The van der Waals surface area contributed by atoms with Crippen molar-refractivity contribution >= 4 is 33.7 Å². The Balaban J connectivity index is 1.55. The van der Waals surface area contributed by atoms with E-state index in [0.29, 0.717) is 19.3 Å². The van der Waals surface area contributed by atoms with E-state index in [0.717, 1.165) is 16.5 Å². The topological polar surface area (TPSA) is 108 Å². The molecule has 0 aromatic heterocycles. The second-order valence-electron chi connectivity index (χ2n) is 12.3. The summed E-state index contributed by atoms with van der Waals surface area (Å²) in [6, 6.07) is 5.13. The summed E-state index contributed by atoms with van der Waals surface area (Å²) in [5.74, 6) is -2.50. The first-order valence-electron chi connectivity index (χ1n) is 14.1. The summed E-state index contributed by atoms with van der Waals surface area (Å²) in [6.07, 6.45) is 4.82.